The Labute approximate surface area is 114 Å². The molecule has 0 radical (unpaired) electrons. The van der Waals surface area contributed by atoms with Crippen LogP contribution in [0.5, 0.6) is 0 Å². The third kappa shape index (κ3) is 3.91. The van der Waals surface area contributed by atoms with Crippen molar-refractivity contribution in [2.45, 2.75) is 26.6 Å². The Morgan fingerprint density at radius 3 is 2.79 bits per heavy atom. The standard InChI is InChI=1S/C15H21N3O/c1-12-6-4-5-7-13(12)10-18(3)11-15-8-14(9-16-2)17-19-15/h4-8,16H,9-11H2,1-3H3. The van der Waals surface area contributed by atoms with Crippen LogP contribution in [-0.4, -0.2) is 24.2 Å². The zero-order valence-electron chi connectivity index (χ0n) is 11.8. The second kappa shape index (κ2) is 6.50. The Morgan fingerprint density at radius 2 is 2.05 bits per heavy atom. The van der Waals surface area contributed by atoms with Gasteiger partial charge in [-0.2, -0.15) is 0 Å². The maximum Gasteiger partial charge on any atom is 0.151 e. The summed E-state index contributed by atoms with van der Waals surface area (Å²) in [5.41, 5.74) is 3.62. The van der Waals surface area contributed by atoms with Crippen LogP contribution in [-0.2, 0) is 19.6 Å². The molecule has 0 saturated carbocycles. The maximum absolute atomic E-state index is 5.32. The van der Waals surface area contributed by atoms with Gasteiger partial charge in [0.15, 0.2) is 5.76 Å². The molecule has 1 aromatic carbocycles. The fourth-order valence-corrected chi connectivity index (χ4v) is 2.09. The summed E-state index contributed by atoms with van der Waals surface area (Å²) in [7, 11) is 3.99. The van der Waals surface area contributed by atoms with E-state index in [1.54, 1.807) is 0 Å². The number of aryl methyl sites for hydroxylation is 1. The van der Waals surface area contributed by atoms with E-state index in [1.807, 2.05) is 13.1 Å². The van der Waals surface area contributed by atoms with E-state index >= 15 is 0 Å². The highest BCUT2D eigenvalue weighted by molar-refractivity contribution is 5.25. The molecule has 0 amide bonds. The van der Waals surface area contributed by atoms with E-state index in [1.165, 1.54) is 11.1 Å². The summed E-state index contributed by atoms with van der Waals surface area (Å²) in [6.45, 7) is 4.56. The Kier molecular flexibility index (Phi) is 4.71. The highest BCUT2D eigenvalue weighted by Gasteiger charge is 2.08. The van der Waals surface area contributed by atoms with Gasteiger partial charge in [-0.3, -0.25) is 4.90 Å². The molecule has 0 bridgehead atoms. The zero-order chi connectivity index (χ0) is 13.7. The van der Waals surface area contributed by atoms with Gasteiger partial charge in [-0.05, 0) is 32.1 Å². The summed E-state index contributed by atoms with van der Waals surface area (Å²) in [4.78, 5) is 2.23. The van der Waals surface area contributed by atoms with Crippen molar-refractivity contribution in [3.8, 4) is 0 Å². The van der Waals surface area contributed by atoms with Crippen LogP contribution in [0.2, 0.25) is 0 Å². The van der Waals surface area contributed by atoms with Gasteiger partial charge in [-0.15, -0.1) is 0 Å². The molecular weight excluding hydrogens is 238 g/mol. The lowest BCUT2D eigenvalue weighted by Crippen LogP contribution is -2.17. The second-order valence-corrected chi connectivity index (χ2v) is 4.91. The smallest absolute Gasteiger partial charge is 0.151 e. The lowest BCUT2D eigenvalue weighted by Gasteiger charge is -2.16. The first-order valence-corrected chi connectivity index (χ1v) is 6.51. The molecule has 19 heavy (non-hydrogen) atoms. The van der Waals surface area contributed by atoms with E-state index in [4.69, 9.17) is 4.52 Å². The fraction of sp³-hybridized carbons (Fsp3) is 0.400. The van der Waals surface area contributed by atoms with E-state index in [0.717, 1.165) is 31.1 Å². The first-order valence-electron chi connectivity index (χ1n) is 6.51. The molecule has 2 aromatic rings. The Balaban J connectivity index is 1.93. The molecule has 1 N–H and O–H groups in total. The van der Waals surface area contributed by atoms with Gasteiger partial charge in [0.2, 0.25) is 0 Å². The lowest BCUT2D eigenvalue weighted by atomic mass is 10.1. The predicted molar refractivity (Wildman–Crippen MR) is 75.6 cm³/mol. The Morgan fingerprint density at radius 1 is 1.26 bits per heavy atom. The number of rotatable bonds is 6. The number of hydrogen-bond acceptors (Lipinski definition) is 4. The molecule has 4 heteroatoms. The van der Waals surface area contributed by atoms with Crippen molar-refractivity contribution in [1.82, 2.24) is 15.4 Å². The molecule has 0 unspecified atom stereocenters. The first-order chi connectivity index (χ1) is 9.19. The predicted octanol–water partition coefficient (Wildman–Crippen LogP) is 2.33. The van der Waals surface area contributed by atoms with E-state index in [9.17, 15) is 0 Å². The molecule has 1 heterocycles. The minimum atomic E-state index is 0.741. The van der Waals surface area contributed by atoms with Crippen molar-refractivity contribution in [1.29, 1.82) is 0 Å². The molecule has 102 valence electrons. The van der Waals surface area contributed by atoms with Gasteiger partial charge in [-0.25, -0.2) is 0 Å². The minimum Gasteiger partial charge on any atom is -0.360 e. The molecule has 0 aliphatic carbocycles. The summed E-state index contributed by atoms with van der Waals surface area (Å²) in [5.74, 6) is 0.904. The molecule has 0 fully saturated rings. The number of nitrogens with zero attached hydrogens (tertiary/aromatic N) is 2. The molecule has 1 aromatic heterocycles. The average Bonchev–Trinajstić information content (AvgIpc) is 2.80. The molecule has 0 atom stereocenters. The highest BCUT2D eigenvalue weighted by Crippen LogP contribution is 2.12. The van der Waals surface area contributed by atoms with Crippen LogP contribution in [0.3, 0.4) is 0 Å². The minimum absolute atomic E-state index is 0.741. The van der Waals surface area contributed by atoms with Gasteiger partial charge in [0, 0.05) is 19.2 Å². The average molecular weight is 259 g/mol. The van der Waals surface area contributed by atoms with Crippen molar-refractivity contribution in [3.63, 3.8) is 0 Å². The monoisotopic (exact) mass is 259 g/mol. The zero-order valence-corrected chi connectivity index (χ0v) is 11.8. The van der Waals surface area contributed by atoms with E-state index in [0.29, 0.717) is 0 Å². The van der Waals surface area contributed by atoms with Gasteiger partial charge in [0.25, 0.3) is 0 Å². The summed E-state index contributed by atoms with van der Waals surface area (Å²) >= 11 is 0. The number of hydrogen-bond donors (Lipinski definition) is 1. The van der Waals surface area contributed by atoms with Crippen LogP contribution in [0.4, 0.5) is 0 Å². The molecule has 4 nitrogen and oxygen atoms in total. The van der Waals surface area contributed by atoms with Crippen molar-refractivity contribution < 1.29 is 4.52 Å². The summed E-state index contributed by atoms with van der Waals surface area (Å²) < 4.78 is 5.32. The van der Waals surface area contributed by atoms with Crippen molar-refractivity contribution in [2.24, 2.45) is 0 Å². The third-order valence-corrected chi connectivity index (χ3v) is 3.09. The van der Waals surface area contributed by atoms with Crippen LogP contribution < -0.4 is 5.32 Å². The molecule has 0 saturated heterocycles. The van der Waals surface area contributed by atoms with Crippen molar-refractivity contribution in [2.75, 3.05) is 14.1 Å². The normalized spacial score (nSPS) is 11.2. The fourth-order valence-electron chi connectivity index (χ4n) is 2.09. The van der Waals surface area contributed by atoms with Crippen LogP contribution in [0.1, 0.15) is 22.6 Å². The van der Waals surface area contributed by atoms with Gasteiger partial charge in [0.1, 0.15) is 0 Å². The Hall–Kier alpha value is -1.65. The van der Waals surface area contributed by atoms with Gasteiger partial charge >= 0.3 is 0 Å². The number of aromatic nitrogens is 1. The lowest BCUT2D eigenvalue weighted by molar-refractivity contribution is 0.265. The van der Waals surface area contributed by atoms with Crippen LogP contribution >= 0.6 is 0 Å². The van der Waals surface area contributed by atoms with Crippen molar-refractivity contribution >= 4 is 0 Å². The summed E-state index contributed by atoms with van der Waals surface area (Å²) in [6, 6.07) is 10.5. The second-order valence-electron chi connectivity index (χ2n) is 4.91. The number of benzene rings is 1. The topological polar surface area (TPSA) is 41.3 Å². The summed E-state index contributed by atoms with van der Waals surface area (Å²) in [6.07, 6.45) is 0. The molecular formula is C15H21N3O. The molecule has 0 aliphatic rings. The maximum atomic E-state index is 5.32. The van der Waals surface area contributed by atoms with Crippen LogP contribution in [0.25, 0.3) is 0 Å². The molecule has 0 spiro atoms. The highest BCUT2D eigenvalue weighted by atomic mass is 16.5. The van der Waals surface area contributed by atoms with E-state index in [-0.39, 0.29) is 0 Å². The van der Waals surface area contributed by atoms with Crippen LogP contribution in [0, 0.1) is 6.92 Å². The van der Waals surface area contributed by atoms with Crippen LogP contribution in [0.15, 0.2) is 34.9 Å². The number of nitrogens with one attached hydrogen (secondary N) is 1. The summed E-state index contributed by atoms with van der Waals surface area (Å²) in [5, 5.41) is 7.08. The van der Waals surface area contributed by atoms with Gasteiger partial charge in [0.05, 0.1) is 12.2 Å². The Bertz CT molecular complexity index is 522. The molecule has 2 rings (SSSR count). The first kappa shape index (κ1) is 13.8. The largest absolute Gasteiger partial charge is 0.360 e. The quantitative estimate of drug-likeness (QED) is 0.864. The van der Waals surface area contributed by atoms with E-state index in [2.05, 4.69) is 53.6 Å². The van der Waals surface area contributed by atoms with Gasteiger partial charge < -0.3 is 9.84 Å². The SMILES string of the molecule is CNCc1cc(CN(C)Cc2ccccc2C)on1. The van der Waals surface area contributed by atoms with Gasteiger partial charge in [-0.1, -0.05) is 29.4 Å². The third-order valence-electron chi connectivity index (χ3n) is 3.09. The molecule has 0 aliphatic heterocycles. The van der Waals surface area contributed by atoms with Crippen molar-refractivity contribution in [3.05, 3.63) is 52.9 Å². The van der Waals surface area contributed by atoms with E-state index < -0.39 is 0 Å².